The van der Waals surface area contributed by atoms with Gasteiger partial charge in [-0.3, -0.25) is 4.79 Å². The van der Waals surface area contributed by atoms with Crippen LogP contribution in [0.5, 0.6) is 5.75 Å². The van der Waals surface area contributed by atoms with Crippen molar-refractivity contribution in [2.24, 2.45) is 0 Å². The molecule has 8 heteroatoms. The van der Waals surface area contributed by atoms with Crippen LogP contribution in [0.3, 0.4) is 0 Å². The van der Waals surface area contributed by atoms with E-state index < -0.39 is 11.2 Å². The van der Waals surface area contributed by atoms with Crippen molar-refractivity contribution in [2.45, 2.75) is 101 Å². The lowest BCUT2D eigenvalue weighted by Crippen LogP contribution is -2.47. The number of ether oxygens (including phenoxy) is 5. The Hall–Kier alpha value is -3.27. The summed E-state index contributed by atoms with van der Waals surface area (Å²) in [5, 5.41) is 14.7. The number of fused-ring (bicyclic) bond motifs is 4. The maximum atomic E-state index is 13.3. The molecule has 48 heavy (non-hydrogen) atoms. The van der Waals surface area contributed by atoms with Crippen LogP contribution in [0.15, 0.2) is 72.8 Å². The molecule has 2 N–H and O–H groups in total. The van der Waals surface area contributed by atoms with Gasteiger partial charge in [0, 0.05) is 23.2 Å². The van der Waals surface area contributed by atoms with E-state index in [1.807, 2.05) is 43.3 Å². The zero-order valence-electron chi connectivity index (χ0n) is 28.3. The maximum Gasteiger partial charge on any atom is 0.251 e. The van der Waals surface area contributed by atoms with Crippen molar-refractivity contribution in [3.63, 3.8) is 0 Å². The molecule has 1 heterocycles. The van der Waals surface area contributed by atoms with E-state index in [2.05, 4.69) is 29.6 Å². The molecule has 3 aromatic carbocycles. The lowest BCUT2D eigenvalue weighted by molar-refractivity contribution is -0.192. The minimum Gasteiger partial charge on any atom is -0.507 e. The molecule has 0 spiro atoms. The van der Waals surface area contributed by atoms with Gasteiger partial charge in [0.2, 0.25) is 0 Å². The molecular weight excluding hydrogens is 606 g/mol. The number of aromatic hydroxyl groups is 1. The zero-order valence-corrected chi connectivity index (χ0v) is 28.3. The molecule has 0 radical (unpaired) electrons. The van der Waals surface area contributed by atoms with Crippen LogP contribution < -0.4 is 5.32 Å². The Morgan fingerprint density at radius 2 is 1.25 bits per heavy atom. The molecular formula is C40H51NO7. The lowest BCUT2D eigenvalue weighted by atomic mass is 9.77. The first-order chi connectivity index (χ1) is 23.6. The van der Waals surface area contributed by atoms with Crippen LogP contribution >= 0.6 is 0 Å². The summed E-state index contributed by atoms with van der Waals surface area (Å²) in [6, 6.07) is 24.1. The fourth-order valence-electron chi connectivity index (χ4n) is 7.76. The van der Waals surface area contributed by atoms with Gasteiger partial charge in [-0.15, -0.1) is 0 Å². The summed E-state index contributed by atoms with van der Waals surface area (Å²) in [5.41, 5.74) is 2.43. The first-order valence-electron chi connectivity index (χ1n) is 17.9. The van der Waals surface area contributed by atoms with Crippen molar-refractivity contribution in [3.8, 4) is 5.75 Å². The summed E-state index contributed by atoms with van der Waals surface area (Å²) >= 11 is 0. The number of benzene rings is 3. The number of carbonyl (C=O) groups is 1. The van der Waals surface area contributed by atoms with Gasteiger partial charge in [0.05, 0.1) is 51.8 Å². The number of amides is 1. The minimum absolute atomic E-state index is 0.0978. The fraction of sp³-hybridized carbons (Fsp3) is 0.525. The molecule has 2 fully saturated rings. The minimum atomic E-state index is -0.658. The molecule has 2 aliphatic carbocycles. The van der Waals surface area contributed by atoms with Crippen LogP contribution in [0.25, 0.3) is 0 Å². The van der Waals surface area contributed by atoms with E-state index in [0.717, 1.165) is 68.9 Å². The zero-order chi connectivity index (χ0) is 33.2. The SMILES string of the molecule is CCCNC(=O)c1cc2c(O)c(c1)CO[C@@H]1CCCC[C@]1(c1ccccc1)OCCOCCO[C@@]1(c3ccccc3)CCCC[C@H]1OC2. The summed E-state index contributed by atoms with van der Waals surface area (Å²) in [4.78, 5) is 13.3. The van der Waals surface area contributed by atoms with Gasteiger partial charge in [-0.25, -0.2) is 0 Å². The van der Waals surface area contributed by atoms with Gasteiger partial charge in [-0.05, 0) is 55.4 Å². The summed E-state index contributed by atoms with van der Waals surface area (Å²) < 4.78 is 33.2. The third kappa shape index (κ3) is 7.63. The van der Waals surface area contributed by atoms with Crippen LogP contribution in [-0.2, 0) is 48.1 Å². The van der Waals surface area contributed by atoms with Crippen LogP contribution in [0.1, 0.15) is 97.3 Å². The highest BCUT2D eigenvalue weighted by molar-refractivity contribution is 5.94. The Morgan fingerprint density at radius 3 is 1.73 bits per heavy atom. The third-order valence-corrected chi connectivity index (χ3v) is 10.2. The molecule has 0 unspecified atom stereocenters. The Balaban J connectivity index is 1.37. The topological polar surface area (TPSA) is 95.5 Å². The molecule has 4 atom stereocenters. The Kier molecular flexibility index (Phi) is 11.8. The van der Waals surface area contributed by atoms with E-state index in [1.54, 1.807) is 12.1 Å². The monoisotopic (exact) mass is 657 g/mol. The van der Waals surface area contributed by atoms with Crippen molar-refractivity contribution >= 4 is 5.91 Å². The van der Waals surface area contributed by atoms with E-state index in [-0.39, 0.29) is 37.1 Å². The van der Waals surface area contributed by atoms with Gasteiger partial charge in [0.15, 0.2) is 0 Å². The van der Waals surface area contributed by atoms with Crippen LogP contribution in [0, 0.1) is 0 Å². The van der Waals surface area contributed by atoms with Gasteiger partial charge < -0.3 is 34.1 Å². The molecule has 2 bridgehead atoms. The molecule has 8 nitrogen and oxygen atoms in total. The van der Waals surface area contributed by atoms with E-state index in [1.165, 1.54) is 0 Å². The molecule has 0 saturated heterocycles. The molecule has 0 aromatic heterocycles. The van der Waals surface area contributed by atoms with Gasteiger partial charge in [-0.1, -0.05) is 93.3 Å². The number of nitrogens with one attached hydrogen (secondary N) is 1. The summed E-state index contributed by atoms with van der Waals surface area (Å²) in [7, 11) is 0. The Bertz CT molecular complexity index is 1370. The largest absolute Gasteiger partial charge is 0.507 e. The van der Waals surface area contributed by atoms with E-state index in [9.17, 15) is 9.90 Å². The molecule has 6 rings (SSSR count). The summed E-state index contributed by atoms with van der Waals surface area (Å²) in [6.07, 6.45) is 7.68. The second-order valence-electron chi connectivity index (χ2n) is 13.3. The third-order valence-electron chi connectivity index (χ3n) is 10.2. The predicted molar refractivity (Wildman–Crippen MR) is 184 cm³/mol. The molecule has 1 aliphatic heterocycles. The Morgan fingerprint density at radius 1 is 0.750 bits per heavy atom. The predicted octanol–water partition coefficient (Wildman–Crippen LogP) is 7.30. The van der Waals surface area contributed by atoms with Crippen molar-refractivity contribution in [3.05, 3.63) is 101 Å². The highest BCUT2D eigenvalue weighted by Crippen LogP contribution is 2.45. The van der Waals surface area contributed by atoms with Crippen molar-refractivity contribution in [1.82, 2.24) is 5.32 Å². The van der Waals surface area contributed by atoms with Crippen LogP contribution in [0.4, 0.5) is 0 Å². The van der Waals surface area contributed by atoms with Crippen molar-refractivity contribution in [2.75, 3.05) is 33.0 Å². The van der Waals surface area contributed by atoms with Gasteiger partial charge in [0.1, 0.15) is 17.0 Å². The summed E-state index contributed by atoms with van der Waals surface area (Å²) in [6.45, 7) is 4.54. The Labute approximate surface area is 285 Å². The molecule has 3 aromatic rings. The molecule has 2 saturated carbocycles. The second-order valence-corrected chi connectivity index (χ2v) is 13.3. The maximum absolute atomic E-state index is 13.3. The van der Waals surface area contributed by atoms with Crippen LogP contribution in [0.2, 0.25) is 0 Å². The number of phenols is 1. The van der Waals surface area contributed by atoms with Crippen molar-refractivity contribution < 1.29 is 33.6 Å². The number of carbonyl (C=O) groups excluding carboxylic acids is 1. The van der Waals surface area contributed by atoms with E-state index in [4.69, 9.17) is 23.7 Å². The first-order valence-corrected chi connectivity index (χ1v) is 17.9. The first kappa shape index (κ1) is 34.6. The van der Waals surface area contributed by atoms with Gasteiger partial charge in [0.25, 0.3) is 5.91 Å². The van der Waals surface area contributed by atoms with Gasteiger partial charge in [-0.2, -0.15) is 0 Å². The summed E-state index contributed by atoms with van der Waals surface area (Å²) in [5.74, 6) is -0.0820. The molecule has 3 aliphatic rings. The van der Waals surface area contributed by atoms with Crippen LogP contribution in [-0.4, -0.2) is 56.2 Å². The average Bonchev–Trinajstić information content (AvgIpc) is 3.13. The highest BCUT2D eigenvalue weighted by Gasteiger charge is 2.46. The quantitative estimate of drug-likeness (QED) is 0.297. The normalized spacial score (nSPS) is 27.4. The number of rotatable bonds is 5. The number of phenolic OH excluding ortho intramolecular Hbond substituents is 1. The molecule has 1 amide bonds. The number of hydrogen-bond donors (Lipinski definition) is 2. The second kappa shape index (κ2) is 16.4. The smallest absolute Gasteiger partial charge is 0.251 e. The van der Waals surface area contributed by atoms with E-state index in [0.29, 0.717) is 49.7 Å². The average molecular weight is 658 g/mol. The van der Waals surface area contributed by atoms with Crippen molar-refractivity contribution in [1.29, 1.82) is 0 Å². The standard InChI is InChI=1S/C40H51NO7/c1-2-21-41-38(43)30-26-31-28-45-35-17-9-11-19-39(35,33-13-5-3-6-14-33)47-24-22-44-23-25-48-40(34-15-7-4-8-16-34)20-12-10-18-36(40)46-29-32(27-30)37(31)42/h3-8,13-16,26-27,35-36,42H,2,9-12,17-25,28-29H2,1H3,(H,41,43)/t35-,36-,39-,40-/m1/s1. The highest BCUT2D eigenvalue weighted by atomic mass is 16.6. The fourth-order valence-corrected chi connectivity index (χ4v) is 7.76. The molecule has 258 valence electrons. The van der Waals surface area contributed by atoms with E-state index >= 15 is 0 Å². The number of hydrogen-bond acceptors (Lipinski definition) is 7. The van der Waals surface area contributed by atoms with Gasteiger partial charge >= 0.3 is 0 Å². The lowest BCUT2D eigenvalue weighted by Gasteiger charge is -2.44.